The molecule has 0 saturated carbocycles. The third-order valence-corrected chi connectivity index (χ3v) is 6.12. The summed E-state index contributed by atoms with van der Waals surface area (Å²) in [6.07, 6.45) is -1.78. The number of halogens is 3. The van der Waals surface area contributed by atoms with Gasteiger partial charge in [-0.15, -0.1) is 0 Å². The highest BCUT2D eigenvalue weighted by atomic mass is 19.4. The molecule has 1 aromatic carbocycles. The zero-order valence-corrected chi connectivity index (χ0v) is 17.4. The molecule has 6 nitrogen and oxygen atoms in total. The Morgan fingerprint density at radius 1 is 1.06 bits per heavy atom. The Bertz CT molecular complexity index is 927. The molecule has 2 unspecified atom stereocenters. The molecule has 0 N–H and O–H groups in total. The Morgan fingerprint density at radius 2 is 1.74 bits per heavy atom. The highest BCUT2D eigenvalue weighted by molar-refractivity contribution is 5.95. The molecule has 4 rings (SSSR count). The van der Waals surface area contributed by atoms with Crippen LogP contribution in [0.2, 0.25) is 0 Å². The zero-order chi connectivity index (χ0) is 22.2. The van der Waals surface area contributed by atoms with Crippen LogP contribution in [0.3, 0.4) is 0 Å². The first-order valence-corrected chi connectivity index (χ1v) is 10.1. The number of carbonyl (C=O) groups excluding carboxylic acids is 1. The Kier molecular flexibility index (Phi) is 5.68. The summed E-state index contributed by atoms with van der Waals surface area (Å²) >= 11 is 0. The van der Waals surface area contributed by atoms with Gasteiger partial charge in [-0.3, -0.25) is 4.79 Å². The van der Waals surface area contributed by atoms with Crippen molar-refractivity contribution in [3.8, 4) is 11.5 Å². The van der Waals surface area contributed by atoms with Gasteiger partial charge >= 0.3 is 6.18 Å². The number of hydrogen-bond donors (Lipinski definition) is 0. The van der Waals surface area contributed by atoms with Crippen molar-refractivity contribution in [1.82, 2.24) is 9.88 Å². The standard InChI is InChI=1S/C22H24F3N3O3/c1-30-17-9-15(10-18(11-17)31-2)21(29)28-8-6-14-5-7-27(13-19(14)28)20-4-3-16(12-26-20)22(23,24)25/h3-4,9-12,14,19H,5-8,13H2,1-2H3. The first kappa shape index (κ1) is 21.3. The normalized spacial score (nSPS) is 21.1. The minimum atomic E-state index is -4.41. The first-order chi connectivity index (χ1) is 14.8. The molecular weight excluding hydrogens is 411 g/mol. The van der Waals surface area contributed by atoms with Crippen LogP contribution in [0, 0.1) is 5.92 Å². The van der Waals surface area contributed by atoms with Crippen LogP contribution >= 0.6 is 0 Å². The van der Waals surface area contributed by atoms with Crippen LogP contribution in [-0.2, 0) is 6.18 Å². The van der Waals surface area contributed by atoms with Gasteiger partial charge in [-0.25, -0.2) is 4.98 Å². The van der Waals surface area contributed by atoms with Crippen LogP contribution in [0.15, 0.2) is 36.5 Å². The fraction of sp³-hybridized carbons (Fsp3) is 0.455. The van der Waals surface area contributed by atoms with Crippen LogP contribution in [0.1, 0.15) is 28.8 Å². The van der Waals surface area contributed by atoms with Crippen LogP contribution in [0.4, 0.5) is 19.0 Å². The summed E-state index contributed by atoms with van der Waals surface area (Å²) in [5.74, 6) is 1.83. The largest absolute Gasteiger partial charge is 0.497 e. The van der Waals surface area contributed by atoms with E-state index in [1.54, 1.807) is 18.2 Å². The second-order valence-corrected chi connectivity index (χ2v) is 7.85. The average Bonchev–Trinajstić information content (AvgIpc) is 3.20. The predicted molar refractivity (Wildman–Crippen MR) is 109 cm³/mol. The summed E-state index contributed by atoms with van der Waals surface area (Å²) in [6, 6.07) is 7.52. The van der Waals surface area contributed by atoms with Gasteiger partial charge < -0.3 is 19.3 Å². The number of nitrogens with zero attached hydrogens (tertiary/aromatic N) is 3. The van der Waals surface area contributed by atoms with E-state index in [0.29, 0.717) is 48.4 Å². The van der Waals surface area contributed by atoms with Gasteiger partial charge in [0.15, 0.2) is 0 Å². The molecule has 2 atom stereocenters. The molecule has 1 amide bonds. The lowest BCUT2D eigenvalue weighted by molar-refractivity contribution is -0.137. The van der Waals surface area contributed by atoms with Gasteiger partial charge in [-0.05, 0) is 43.0 Å². The van der Waals surface area contributed by atoms with Gasteiger partial charge in [0.05, 0.1) is 25.8 Å². The quantitative estimate of drug-likeness (QED) is 0.730. The lowest BCUT2D eigenvalue weighted by atomic mass is 9.92. The maximum Gasteiger partial charge on any atom is 0.417 e. The number of aromatic nitrogens is 1. The number of hydrogen-bond acceptors (Lipinski definition) is 5. The summed E-state index contributed by atoms with van der Waals surface area (Å²) in [5, 5.41) is 0. The predicted octanol–water partition coefficient (Wildman–Crippen LogP) is 3.86. The summed E-state index contributed by atoms with van der Waals surface area (Å²) in [5.41, 5.74) is -0.280. The maximum absolute atomic E-state index is 13.3. The van der Waals surface area contributed by atoms with Gasteiger partial charge in [-0.1, -0.05) is 0 Å². The van der Waals surface area contributed by atoms with E-state index in [4.69, 9.17) is 9.47 Å². The SMILES string of the molecule is COc1cc(OC)cc(C(=O)N2CCC3CCN(c4ccc(C(F)(F)F)cn4)CC32)c1. The van der Waals surface area contributed by atoms with E-state index < -0.39 is 11.7 Å². The number of ether oxygens (including phenoxy) is 2. The van der Waals surface area contributed by atoms with Crippen molar-refractivity contribution in [2.75, 3.05) is 38.8 Å². The smallest absolute Gasteiger partial charge is 0.417 e. The first-order valence-electron chi connectivity index (χ1n) is 10.1. The maximum atomic E-state index is 13.3. The van der Waals surface area contributed by atoms with Crippen molar-refractivity contribution in [3.63, 3.8) is 0 Å². The summed E-state index contributed by atoms with van der Waals surface area (Å²) in [4.78, 5) is 21.1. The minimum absolute atomic E-state index is 0.0254. The third kappa shape index (κ3) is 4.26. The van der Waals surface area contributed by atoms with Crippen molar-refractivity contribution < 1.29 is 27.4 Å². The van der Waals surface area contributed by atoms with Gasteiger partial charge in [0.25, 0.3) is 5.91 Å². The van der Waals surface area contributed by atoms with E-state index in [0.717, 1.165) is 25.1 Å². The Labute approximate surface area is 178 Å². The van der Waals surface area contributed by atoms with Crippen molar-refractivity contribution in [1.29, 1.82) is 0 Å². The van der Waals surface area contributed by atoms with E-state index >= 15 is 0 Å². The van der Waals surface area contributed by atoms with Crippen molar-refractivity contribution >= 4 is 11.7 Å². The molecule has 2 aromatic rings. The molecular formula is C22H24F3N3O3. The van der Waals surface area contributed by atoms with Crippen molar-refractivity contribution in [3.05, 3.63) is 47.7 Å². The number of rotatable bonds is 4. The monoisotopic (exact) mass is 435 g/mol. The number of benzene rings is 1. The van der Waals surface area contributed by atoms with E-state index in [-0.39, 0.29) is 11.9 Å². The zero-order valence-electron chi connectivity index (χ0n) is 17.4. The molecule has 3 heterocycles. The topological polar surface area (TPSA) is 54.9 Å². The fourth-order valence-corrected chi connectivity index (χ4v) is 4.44. The molecule has 166 valence electrons. The van der Waals surface area contributed by atoms with Crippen molar-refractivity contribution in [2.24, 2.45) is 5.92 Å². The summed E-state index contributed by atoms with van der Waals surface area (Å²) in [6.45, 7) is 1.88. The molecule has 2 aliphatic rings. The molecule has 2 saturated heterocycles. The minimum Gasteiger partial charge on any atom is -0.497 e. The van der Waals surface area contributed by atoms with Crippen molar-refractivity contribution in [2.45, 2.75) is 25.1 Å². The molecule has 2 fully saturated rings. The number of anilines is 1. The molecule has 1 aromatic heterocycles. The lowest BCUT2D eigenvalue weighted by Gasteiger charge is -2.39. The number of carbonyl (C=O) groups is 1. The van der Waals surface area contributed by atoms with E-state index in [1.807, 2.05) is 9.80 Å². The van der Waals surface area contributed by atoms with Gasteiger partial charge in [0, 0.05) is 37.5 Å². The van der Waals surface area contributed by atoms with E-state index in [1.165, 1.54) is 20.3 Å². The Balaban J connectivity index is 1.53. The molecule has 31 heavy (non-hydrogen) atoms. The fourth-order valence-electron chi connectivity index (χ4n) is 4.44. The number of alkyl halides is 3. The van der Waals surface area contributed by atoms with Gasteiger partial charge in [0.1, 0.15) is 17.3 Å². The Hall–Kier alpha value is -2.97. The number of fused-ring (bicyclic) bond motifs is 1. The van der Waals surface area contributed by atoms with E-state index in [9.17, 15) is 18.0 Å². The molecule has 0 radical (unpaired) electrons. The Morgan fingerprint density at radius 3 is 2.32 bits per heavy atom. The number of likely N-dealkylation sites (tertiary alicyclic amines) is 1. The second kappa shape index (κ2) is 8.28. The highest BCUT2D eigenvalue weighted by Crippen LogP contribution is 2.36. The summed E-state index contributed by atoms with van der Waals surface area (Å²) < 4.78 is 49.1. The molecule has 0 aliphatic carbocycles. The highest BCUT2D eigenvalue weighted by Gasteiger charge is 2.41. The molecule has 2 aliphatic heterocycles. The number of amides is 1. The van der Waals surface area contributed by atoms with Gasteiger partial charge in [0.2, 0.25) is 0 Å². The van der Waals surface area contributed by atoms with Crippen LogP contribution in [-0.4, -0.2) is 55.7 Å². The molecule has 9 heteroatoms. The third-order valence-electron chi connectivity index (χ3n) is 6.12. The van der Waals surface area contributed by atoms with Crippen LogP contribution < -0.4 is 14.4 Å². The second-order valence-electron chi connectivity index (χ2n) is 7.85. The van der Waals surface area contributed by atoms with Crippen LogP contribution in [0.25, 0.3) is 0 Å². The average molecular weight is 435 g/mol. The molecule has 0 bridgehead atoms. The van der Waals surface area contributed by atoms with Crippen LogP contribution in [0.5, 0.6) is 11.5 Å². The number of pyridine rings is 1. The number of piperidine rings is 1. The van der Waals surface area contributed by atoms with Gasteiger partial charge in [-0.2, -0.15) is 13.2 Å². The lowest BCUT2D eigenvalue weighted by Crippen LogP contribution is -2.50. The van der Waals surface area contributed by atoms with E-state index in [2.05, 4.69) is 4.98 Å². The number of methoxy groups -OCH3 is 2. The summed E-state index contributed by atoms with van der Waals surface area (Å²) in [7, 11) is 3.07. The molecule has 0 spiro atoms.